The molecule has 19 heavy (non-hydrogen) atoms. The second-order valence-corrected chi connectivity index (χ2v) is 4.16. The lowest BCUT2D eigenvalue weighted by Gasteiger charge is -2.02. The van der Waals surface area contributed by atoms with Crippen LogP contribution < -0.4 is 26.3 Å². The maximum absolute atomic E-state index is 12.1. The van der Waals surface area contributed by atoms with Crippen molar-refractivity contribution in [1.29, 1.82) is 0 Å². The van der Waals surface area contributed by atoms with E-state index in [0.717, 1.165) is 11.1 Å². The molecule has 2 rings (SSSR count). The fourth-order valence-corrected chi connectivity index (χ4v) is 1.76. The van der Waals surface area contributed by atoms with Crippen molar-refractivity contribution in [2.24, 2.45) is 0 Å². The molecule has 0 aliphatic carbocycles. The van der Waals surface area contributed by atoms with Gasteiger partial charge in [0.25, 0.3) is 0 Å². The molecule has 0 amide bonds. The molecule has 0 fully saturated rings. The van der Waals surface area contributed by atoms with E-state index in [9.17, 15) is 4.79 Å². The first kappa shape index (κ1) is 15.4. The largest absolute Gasteiger partial charge is 1.00 e. The first-order valence-corrected chi connectivity index (χ1v) is 5.83. The van der Waals surface area contributed by atoms with Gasteiger partial charge in [0, 0.05) is 11.6 Å². The van der Waals surface area contributed by atoms with Gasteiger partial charge in [-0.05, 0) is 13.0 Å². The van der Waals surface area contributed by atoms with Crippen LogP contribution in [0.25, 0.3) is 0 Å². The van der Waals surface area contributed by atoms with Crippen LogP contribution in [0.15, 0.2) is 48.7 Å². The summed E-state index contributed by atoms with van der Waals surface area (Å²) < 4.78 is 7.01. The molecular weight excluding hydrogens is 306 g/mol. The van der Waals surface area contributed by atoms with Crippen LogP contribution in [0.5, 0.6) is 5.88 Å². The van der Waals surface area contributed by atoms with Gasteiger partial charge in [0.15, 0.2) is 6.20 Å². The maximum Gasteiger partial charge on any atom is 0.367 e. The molecule has 3 nitrogen and oxygen atoms in total. The van der Waals surface area contributed by atoms with Crippen LogP contribution in [0.3, 0.4) is 0 Å². The van der Waals surface area contributed by atoms with Gasteiger partial charge in [0.1, 0.15) is 0 Å². The summed E-state index contributed by atoms with van der Waals surface area (Å²) in [5.41, 5.74) is 1.87. The first-order chi connectivity index (χ1) is 8.70. The van der Waals surface area contributed by atoms with Gasteiger partial charge in [0.2, 0.25) is 12.3 Å². The lowest BCUT2D eigenvalue weighted by atomic mass is 10.1. The standard InChI is InChI=1S/C15H16NO2.BrH/c1-12-6-8-13(9-7-12)14(17)11-16-10-4-3-5-15(16)18-2;/h3-10H,11H2,1-2H3;1H/q+1;/p-1. The molecule has 1 aromatic carbocycles. The number of Topliss-reactive ketones (excluding diaryl/α,β-unsaturated/α-hetero) is 1. The molecule has 0 saturated carbocycles. The number of pyridine rings is 1. The Balaban J connectivity index is 0.00000180. The Morgan fingerprint density at radius 1 is 1.16 bits per heavy atom. The zero-order valence-corrected chi connectivity index (χ0v) is 12.6. The van der Waals surface area contributed by atoms with E-state index in [1.165, 1.54) is 0 Å². The minimum atomic E-state index is 0. The maximum atomic E-state index is 12.1. The predicted octanol–water partition coefficient (Wildman–Crippen LogP) is -0.822. The molecule has 1 aromatic heterocycles. The molecule has 1 heterocycles. The van der Waals surface area contributed by atoms with Crippen molar-refractivity contribution in [3.63, 3.8) is 0 Å². The number of carbonyl (C=O) groups is 1. The van der Waals surface area contributed by atoms with E-state index in [0.29, 0.717) is 5.88 Å². The van der Waals surface area contributed by atoms with Crippen molar-refractivity contribution in [3.8, 4) is 5.88 Å². The monoisotopic (exact) mass is 321 g/mol. The summed E-state index contributed by atoms with van der Waals surface area (Å²) in [6, 6.07) is 13.2. The Kier molecular flexibility index (Phi) is 5.70. The van der Waals surface area contributed by atoms with E-state index in [2.05, 4.69) is 0 Å². The van der Waals surface area contributed by atoms with Gasteiger partial charge in [-0.25, -0.2) is 0 Å². The predicted molar refractivity (Wildman–Crippen MR) is 68.7 cm³/mol. The van der Waals surface area contributed by atoms with E-state index in [4.69, 9.17) is 4.74 Å². The number of methoxy groups -OCH3 is 1. The summed E-state index contributed by atoms with van der Waals surface area (Å²) >= 11 is 0. The molecule has 2 aromatic rings. The van der Waals surface area contributed by atoms with Gasteiger partial charge in [-0.1, -0.05) is 29.8 Å². The molecule has 0 saturated heterocycles. The van der Waals surface area contributed by atoms with Gasteiger partial charge in [-0.2, -0.15) is 4.57 Å². The fraction of sp³-hybridized carbons (Fsp3) is 0.200. The van der Waals surface area contributed by atoms with Gasteiger partial charge in [-0.15, -0.1) is 0 Å². The Hall–Kier alpha value is -1.68. The lowest BCUT2D eigenvalue weighted by molar-refractivity contribution is -0.688. The number of aromatic nitrogens is 1. The van der Waals surface area contributed by atoms with Crippen LogP contribution >= 0.6 is 0 Å². The summed E-state index contributed by atoms with van der Waals surface area (Å²) in [6.07, 6.45) is 1.84. The third-order valence-electron chi connectivity index (χ3n) is 2.80. The van der Waals surface area contributed by atoms with Gasteiger partial charge in [0.05, 0.1) is 13.2 Å². The van der Waals surface area contributed by atoms with Crippen LogP contribution in [-0.2, 0) is 6.54 Å². The minimum Gasteiger partial charge on any atom is -1.00 e. The highest BCUT2D eigenvalue weighted by Crippen LogP contribution is 2.06. The van der Waals surface area contributed by atoms with Gasteiger partial charge >= 0.3 is 5.88 Å². The molecule has 0 aliphatic heterocycles. The molecule has 0 unspecified atom stereocenters. The van der Waals surface area contributed by atoms with Crippen LogP contribution in [0.4, 0.5) is 0 Å². The number of hydrogen-bond donors (Lipinski definition) is 0. The number of ether oxygens (including phenoxy) is 1. The second kappa shape index (κ2) is 7.04. The third-order valence-corrected chi connectivity index (χ3v) is 2.80. The molecule has 0 bridgehead atoms. The third kappa shape index (κ3) is 3.89. The van der Waals surface area contributed by atoms with E-state index in [1.54, 1.807) is 11.7 Å². The number of hydrogen-bond acceptors (Lipinski definition) is 2. The van der Waals surface area contributed by atoms with Gasteiger partial charge < -0.3 is 21.7 Å². The highest BCUT2D eigenvalue weighted by atomic mass is 79.9. The molecule has 4 heteroatoms. The van der Waals surface area contributed by atoms with E-state index < -0.39 is 0 Å². The molecule has 0 atom stereocenters. The van der Waals surface area contributed by atoms with Crippen molar-refractivity contribution in [2.75, 3.05) is 7.11 Å². The molecule has 0 N–H and O–H groups in total. The summed E-state index contributed by atoms with van der Waals surface area (Å²) in [4.78, 5) is 12.1. The molecule has 0 radical (unpaired) electrons. The quantitative estimate of drug-likeness (QED) is 0.544. The number of ketones is 1. The average molecular weight is 322 g/mol. The van der Waals surface area contributed by atoms with E-state index >= 15 is 0 Å². The number of halogens is 1. The van der Waals surface area contributed by atoms with Crippen LogP contribution in [0.2, 0.25) is 0 Å². The van der Waals surface area contributed by atoms with E-state index in [-0.39, 0.29) is 29.3 Å². The summed E-state index contributed by atoms with van der Waals surface area (Å²) in [7, 11) is 1.60. The van der Waals surface area contributed by atoms with Crippen LogP contribution in [-0.4, -0.2) is 12.9 Å². The van der Waals surface area contributed by atoms with Crippen molar-refractivity contribution in [3.05, 3.63) is 59.8 Å². The smallest absolute Gasteiger partial charge is 0.367 e. The zero-order valence-electron chi connectivity index (χ0n) is 11.0. The lowest BCUT2D eigenvalue weighted by Crippen LogP contribution is -3.00. The summed E-state index contributed by atoms with van der Waals surface area (Å²) in [5.74, 6) is 0.752. The van der Waals surface area contributed by atoms with Crippen molar-refractivity contribution < 1.29 is 31.1 Å². The molecule has 100 valence electrons. The summed E-state index contributed by atoms with van der Waals surface area (Å²) in [5, 5.41) is 0. The number of nitrogens with zero attached hydrogens (tertiary/aromatic N) is 1. The highest BCUT2D eigenvalue weighted by molar-refractivity contribution is 5.95. The summed E-state index contributed by atoms with van der Waals surface area (Å²) in [6.45, 7) is 2.29. The normalized spacial score (nSPS) is 9.58. The molecular formula is C15H16BrNO2. The fourth-order valence-electron chi connectivity index (χ4n) is 1.76. The van der Waals surface area contributed by atoms with Crippen molar-refractivity contribution in [2.45, 2.75) is 13.5 Å². The Morgan fingerprint density at radius 2 is 1.84 bits per heavy atom. The van der Waals surface area contributed by atoms with Crippen molar-refractivity contribution >= 4 is 5.78 Å². The van der Waals surface area contributed by atoms with Crippen LogP contribution in [0.1, 0.15) is 15.9 Å². The Morgan fingerprint density at radius 3 is 2.47 bits per heavy atom. The average Bonchev–Trinajstić information content (AvgIpc) is 2.40. The van der Waals surface area contributed by atoms with Crippen LogP contribution in [0, 0.1) is 6.92 Å². The Labute approximate surface area is 123 Å². The number of benzene rings is 1. The first-order valence-electron chi connectivity index (χ1n) is 5.83. The van der Waals surface area contributed by atoms with E-state index in [1.807, 2.05) is 55.6 Å². The molecule has 0 spiro atoms. The highest BCUT2D eigenvalue weighted by Gasteiger charge is 2.16. The SMILES string of the molecule is COc1cccc[n+]1CC(=O)c1ccc(C)cc1.[Br-]. The number of carbonyl (C=O) groups excluding carboxylic acids is 1. The number of aryl methyl sites for hydroxylation is 1. The Bertz CT molecular complexity index is 552. The topological polar surface area (TPSA) is 30.2 Å². The van der Waals surface area contributed by atoms with Crippen molar-refractivity contribution in [1.82, 2.24) is 0 Å². The molecule has 0 aliphatic rings. The minimum absolute atomic E-state index is 0. The zero-order chi connectivity index (χ0) is 13.0. The second-order valence-electron chi connectivity index (χ2n) is 4.16. The number of rotatable bonds is 4. The van der Waals surface area contributed by atoms with Gasteiger partial charge in [-0.3, -0.25) is 4.79 Å².